The van der Waals surface area contributed by atoms with E-state index in [1.165, 1.54) is 6.21 Å². The van der Waals surface area contributed by atoms with Crippen LogP contribution in [0.1, 0.15) is 5.56 Å². The molecule has 74 valence electrons. The maximum absolute atomic E-state index is 10.0. The molecule has 0 aliphatic rings. The highest BCUT2D eigenvalue weighted by Crippen LogP contribution is 2.09. The molecule has 2 N–H and O–H groups in total. The van der Waals surface area contributed by atoms with E-state index in [2.05, 4.69) is 5.10 Å². The van der Waals surface area contributed by atoms with Crippen LogP contribution in [-0.2, 0) is 0 Å². The molecule has 1 aromatic rings. The van der Waals surface area contributed by atoms with Crippen LogP contribution in [0.15, 0.2) is 29.4 Å². The molecular weight excluding hydrogens is 184 g/mol. The third-order valence-corrected chi connectivity index (χ3v) is 1.49. The van der Waals surface area contributed by atoms with Crippen molar-refractivity contribution in [2.45, 2.75) is 0 Å². The number of carboxylic acid groups (broad SMARTS) is 1. The molecule has 5 heteroatoms. The summed E-state index contributed by atoms with van der Waals surface area (Å²) in [5, 5.41) is 11.7. The molecule has 0 unspecified atom stereocenters. The molecule has 0 heterocycles. The number of rotatable bonds is 3. The highest BCUT2D eigenvalue weighted by molar-refractivity contribution is 5.80. The number of hydrazone groups is 1. The summed E-state index contributed by atoms with van der Waals surface area (Å²) in [4.78, 5) is 10.0. The number of nitrogens with one attached hydrogen (secondary N) is 1. The lowest BCUT2D eigenvalue weighted by atomic mass is 10.2. The first kappa shape index (κ1) is 10.0. The summed E-state index contributed by atoms with van der Waals surface area (Å²) in [5.74, 6) is 0.744. The van der Waals surface area contributed by atoms with Crippen LogP contribution in [-0.4, -0.2) is 24.5 Å². The molecular formula is C9H10N2O3. The quantitative estimate of drug-likeness (QED) is 0.562. The van der Waals surface area contributed by atoms with Gasteiger partial charge in [-0.1, -0.05) is 0 Å². The van der Waals surface area contributed by atoms with Gasteiger partial charge < -0.3 is 9.84 Å². The number of benzene rings is 1. The maximum Gasteiger partial charge on any atom is 0.425 e. The molecule has 1 aromatic carbocycles. The Kier molecular flexibility index (Phi) is 3.49. The van der Waals surface area contributed by atoms with E-state index in [1.807, 2.05) is 5.43 Å². The largest absolute Gasteiger partial charge is 0.497 e. The molecule has 0 bridgehead atoms. The lowest BCUT2D eigenvalue weighted by Crippen LogP contribution is -2.13. The van der Waals surface area contributed by atoms with Gasteiger partial charge in [0.25, 0.3) is 0 Å². The van der Waals surface area contributed by atoms with Gasteiger partial charge in [0.05, 0.1) is 13.3 Å². The van der Waals surface area contributed by atoms with E-state index in [0.717, 1.165) is 11.3 Å². The lowest BCUT2D eigenvalue weighted by Gasteiger charge is -1.98. The van der Waals surface area contributed by atoms with Crippen molar-refractivity contribution in [1.29, 1.82) is 0 Å². The molecule has 0 saturated heterocycles. The smallest absolute Gasteiger partial charge is 0.425 e. The molecule has 0 aromatic heterocycles. The number of carbonyl (C=O) groups is 1. The van der Waals surface area contributed by atoms with Gasteiger partial charge in [-0.15, -0.1) is 0 Å². The molecule has 5 nitrogen and oxygen atoms in total. The molecule has 0 atom stereocenters. The Bertz CT molecular complexity index is 332. The normalized spacial score (nSPS) is 10.1. The van der Waals surface area contributed by atoms with Crippen molar-refractivity contribution in [1.82, 2.24) is 5.43 Å². The van der Waals surface area contributed by atoms with E-state index >= 15 is 0 Å². The highest BCUT2D eigenvalue weighted by atomic mass is 16.5. The van der Waals surface area contributed by atoms with Gasteiger partial charge in [0.1, 0.15) is 5.75 Å². The van der Waals surface area contributed by atoms with E-state index in [-0.39, 0.29) is 0 Å². The van der Waals surface area contributed by atoms with Gasteiger partial charge in [-0.25, -0.2) is 10.2 Å². The Morgan fingerprint density at radius 3 is 2.64 bits per heavy atom. The fourth-order valence-electron chi connectivity index (χ4n) is 0.852. The van der Waals surface area contributed by atoms with Gasteiger partial charge >= 0.3 is 6.09 Å². The Morgan fingerprint density at radius 2 is 2.14 bits per heavy atom. The molecule has 0 radical (unpaired) electrons. The minimum Gasteiger partial charge on any atom is -0.497 e. The summed E-state index contributed by atoms with van der Waals surface area (Å²) in [6.45, 7) is 0. The Labute approximate surface area is 81.0 Å². The van der Waals surface area contributed by atoms with Gasteiger partial charge in [0.15, 0.2) is 0 Å². The molecule has 0 aliphatic heterocycles. The molecule has 0 aliphatic carbocycles. The topological polar surface area (TPSA) is 70.9 Å². The van der Waals surface area contributed by atoms with E-state index in [9.17, 15) is 4.79 Å². The molecule has 1 rings (SSSR count). The van der Waals surface area contributed by atoms with E-state index < -0.39 is 6.09 Å². The maximum atomic E-state index is 10.0. The van der Waals surface area contributed by atoms with E-state index in [0.29, 0.717) is 0 Å². The van der Waals surface area contributed by atoms with Crippen LogP contribution in [0.3, 0.4) is 0 Å². The number of amides is 1. The standard InChI is InChI=1S/C9H10N2O3/c1-14-8-4-2-7(3-5-8)6-10-11-9(12)13/h2-6,11H,1H3,(H,12,13)/b10-6+. The number of nitrogens with zero attached hydrogens (tertiary/aromatic N) is 1. The summed E-state index contributed by atoms with van der Waals surface area (Å²) in [6, 6.07) is 7.07. The third-order valence-electron chi connectivity index (χ3n) is 1.49. The average Bonchev–Trinajstić information content (AvgIpc) is 2.18. The van der Waals surface area contributed by atoms with Crippen molar-refractivity contribution in [3.8, 4) is 5.75 Å². The van der Waals surface area contributed by atoms with Crippen LogP contribution < -0.4 is 10.2 Å². The van der Waals surface area contributed by atoms with Crippen LogP contribution in [0.5, 0.6) is 5.75 Å². The monoisotopic (exact) mass is 194 g/mol. The van der Waals surface area contributed by atoms with Crippen LogP contribution in [0.25, 0.3) is 0 Å². The summed E-state index contributed by atoms with van der Waals surface area (Å²) >= 11 is 0. The Balaban J connectivity index is 2.59. The predicted molar refractivity (Wildman–Crippen MR) is 51.7 cm³/mol. The molecule has 0 saturated carbocycles. The Morgan fingerprint density at radius 1 is 1.50 bits per heavy atom. The van der Waals surface area contributed by atoms with Crippen molar-refractivity contribution in [3.05, 3.63) is 29.8 Å². The first-order valence-electron chi connectivity index (χ1n) is 3.88. The number of methoxy groups -OCH3 is 1. The molecule has 14 heavy (non-hydrogen) atoms. The van der Waals surface area contributed by atoms with Crippen LogP contribution in [0.4, 0.5) is 4.79 Å². The van der Waals surface area contributed by atoms with Crippen molar-refractivity contribution in [2.24, 2.45) is 5.10 Å². The van der Waals surface area contributed by atoms with Crippen LogP contribution in [0.2, 0.25) is 0 Å². The second-order valence-electron chi connectivity index (χ2n) is 2.45. The zero-order chi connectivity index (χ0) is 10.4. The van der Waals surface area contributed by atoms with Crippen LogP contribution >= 0.6 is 0 Å². The summed E-state index contributed by atoms with van der Waals surface area (Å²) < 4.78 is 4.96. The van der Waals surface area contributed by atoms with Crippen molar-refractivity contribution in [2.75, 3.05) is 7.11 Å². The Hall–Kier alpha value is -2.04. The first-order valence-corrected chi connectivity index (χ1v) is 3.88. The first-order chi connectivity index (χ1) is 6.72. The summed E-state index contributed by atoms with van der Waals surface area (Å²) in [5.41, 5.74) is 2.67. The highest BCUT2D eigenvalue weighted by Gasteiger charge is 1.91. The van der Waals surface area contributed by atoms with Crippen molar-refractivity contribution < 1.29 is 14.6 Å². The van der Waals surface area contributed by atoms with Gasteiger partial charge in [-0.2, -0.15) is 5.10 Å². The second-order valence-corrected chi connectivity index (χ2v) is 2.45. The van der Waals surface area contributed by atoms with E-state index in [1.54, 1.807) is 31.4 Å². The minimum atomic E-state index is -1.19. The molecule has 0 spiro atoms. The lowest BCUT2D eigenvalue weighted by molar-refractivity contribution is 0.195. The third kappa shape index (κ3) is 3.14. The SMILES string of the molecule is COc1ccc(/C=N/NC(=O)O)cc1. The zero-order valence-corrected chi connectivity index (χ0v) is 7.60. The predicted octanol–water partition coefficient (Wildman–Crippen LogP) is 1.30. The number of hydrogen-bond donors (Lipinski definition) is 2. The van der Waals surface area contributed by atoms with Gasteiger partial charge in [-0.3, -0.25) is 0 Å². The van der Waals surface area contributed by atoms with Crippen LogP contribution in [0, 0.1) is 0 Å². The molecule has 1 amide bonds. The number of ether oxygens (including phenoxy) is 1. The molecule has 0 fully saturated rings. The number of hydrogen-bond acceptors (Lipinski definition) is 3. The summed E-state index contributed by atoms with van der Waals surface area (Å²) in [6.07, 6.45) is 0.225. The zero-order valence-electron chi connectivity index (χ0n) is 7.60. The van der Waals surface area contributed by atoms with Gasteiger partial charge in [-0.05, 0) is 29.8 Å². The fourth-order valence-corrected chi connectivity index (χ4v) is 0.852. The summed E-state index contributed by atoms with van der Waals surface area (Å²) in [7, 11) is 1.58. The average molecular weight is 194 g/mol. The minimum absolute atomic E-state index is 0.744. The van der Waals surface area contributed by atoms with Crippen molar-refractivity contribution >= 4 is 12.3 Å². The van der Waals surface area contributed by atoms with Gasteiger partial charge in [0, 0.05) is 0 Å². The van der Waals surface area contributed by atoms with Crippen molar-refractivity contribution in [3.63, 3.8) is 0 Å². The van der Waals surface area contributed by atoms with E-state index in [4.69, 9.17) is 9.84 Å². The second kappa shape index (κ2) is 4.86. The fraction of sp³-hybridized carbons (Fsp3) is 0.111. The van der Waals surface area contributed by atoms with Gasteiger partial charge in [0.2, 0.25) is 0 Å².